The fraction of sp³-hybridized carbons (Fsp3) is 0.130. The maximum Gasteiger partial charge on any atom is 0.251 e. The van der Waals surface area contributed by atoms with Crippen molar-refractivity contribution in [2.75, 3.05) is 11.4 Å². The Hall–Kier alpha value is -3.47. The fourth-order valence-corrected chi connectivity index (χ4v) is 3.41. The van der Waals surface area contributed by atoms with E-state index in [1.807, 2.05) is 42.5 Å². The van der Waals surface area contributed by atoms with Gasteiger partial charge in [0.05, 0.1) is 6.04 Å². The van der Waals surface area contributed by atoms with Crippen LogP contribution in [0, 0.1) is 5.82 Å². The summed E-state index contributed by atoms with van der Waals surface area (Å²) < 4.78 is 13.4. The van der Waals surface area contributed by atoms with Crippen molar-refractivity contribution in [3.05, 3.63) is 90.2 Å². The highest BCUT2D eigenvalue weighted by molar-refractivity contribution is 5.99. The van der Waals surface area contributed by atoms with Gasteiger partial charge >= 0.3 is 0 Å². The molecule has 5 heteroatoms. The SMILES string of the molecule is O=C(N[C@@H]1CC(=O)N(c2cccc(F)c2)C1)c1ccc(-c2ccccc2)cc1. The number of nitrogens with zero attached hydrogens (tertiary/aromatic N) is 1. The first-order valence-electron chi connectivity index (χ1n) is 9.12. The molecule has 4 rings (SSSR count). The molecule has 3 aromatic rings. The van der Waals surface area contributed by atoms with Crippen LogP contribution >= 0.6 is 0 Å². The number of hydrogen-bond donors (Lipinski definition) is 1. The number of nitrogens with one attached hydrogen (secondary N) is 1. The van der Waals surface area contributed by atoms with E-state index in [9.17, 15) is 14.0 Å². The van der Waals surface area contributed by atoms with Gasteiger partial charge in [-0.15, -0.1) is 0 Å². The van der Waals surface area contributed by atoms with Crippen LogP contribution in [0.1, 0.15) is 16.8 Å². The second-order valence-corrected chi connectivity index (χ2v) is 6.80. The van der Waals surface area contributed by atoms with E-state index in [0.29, 0.717) is 17.8 Å². The van der Waals surface area contributed by atoms with Gasteiger partial charge in [-0.25, -0.2) is 4.39 Å². The van der Waals surface area contributed by atoms with Crippen molar-refractivity contribution in [2.24, 2.45) is 0 Å². The van der Waals surface area contributed by atoms with E-state index in [-0.39, 0.29) is 24.3 Å². The molecule has 1 aliphatic rings. The number of amides is 2. The zero-order chi connectivity index (χ0) is 19.5. The lowest BCUT2D eigenvalue weighted by atomic mass is 10.0. The third-order valence-corrected chi connectivity index (χ3v) is 4.83. The van der Waals surface area contributed by atoms with Gasteiger partial charge in [-0.05, 0) is 41.5 Å². The molecule has 1 atom stereocenters. The van der Waals surface area contributed by atoms with Crippen LogP contribution in [0.3, 0.4) is 0 Å². The molecule has 28 heavy (non-hydrogen) atoms. The molecule has 0 aliphatic carbocycles. The molecule has 0 spiro atoms. The number of anilines is 1. The van der Waals surface area contributed by atoms with Crippen LogP contribution < -0.4 is 10.2 Å². The maximum absolute atomic E-state index is 13.4. The summed E-state index contributed by atoms with van der Waals surface area (Å²) in [6.45, 7) is 0.329. The first-order chi connectivity index (χ1) is 13.6. The van der Waals surface area contributed by atoms with Crippen LogP contribution in [0.15, 0.2) is 78.9 Å². The van der Waals surface area contributed by atoms with Gasteiger partial charge < -0.3 is 10.2 Å². The normalized spacial score (nSPS) is 16.2. The molecule has 1 N–H and O–H groups in total. The standard InChI is InChI=1S/C23H19FN2O2/c24-19-7-4-8-21(13-19)26-15-20(14-22(26)27)25-23(28)18-11-9-17(10-12-18)16-5-2-1-3-6-16/h1-13,20H,14-15H2,(H,25,28)/t20-/m1/s1. The quantitative estimate of drug-likeness (QED) is 0.750. The fourth-order valence-electron chi connectivity index (χ4n) is 3.41. The Morgan fingerprint density at radius 3 is 2.36 bits per heavy atom. The molecule has 0 aromatic heterocycles. The number of carbonyl (C=O) groups excluding carboxylic acids is 2. The molecule has 1 heterocycles. The smallest absolute Gasteiger partial charge is 0.251 e. The molecule has 1 fully saturated rings. The first kappa shape index (κ1) is 17.9. The zero-order valence-corrected chi connectivity index (χ0v) is 15.1. The number of hydrogen-bond acceptors (Lipinski definition) is 2. The van der Waals surface area contributed by atoms with Crippen LogP contribution in [0.25, 0.3) is 11.1 Å². The number of benzene rings is 3. The third-order valence-electron chi connectivity index (χ3n) is 4.83. The molecule has 0 radical (unpaired) electrons. The summed E-state index contributed by atoms with van der Waals surface area (Å²) >= 11 is 0. The summed E-state index contributed by atoms with van der Waals surface area (Å²) in [4.78, 5) is 26.3. The van der Waals surface area contributed by atoms with E-state index in [1.54, 1.807) is 24.3 Å². The summed E-state index contributed by atoms with van der Waals surface area (Å²) in [7, 11) is 0. The average Bonchev–Trinajstić information content (AvgIpc) is 3.09. The van der Waals surface area contributed by atoms with Crippen LogP contribution in [0.4, 0.5) is 10.1 Å². The van der Waals surface area contributed by atoms with Crippen molar-refractivity contribution in [2.45, 2.75) is 12.5 Å². The van der Waals surface area contributed by atoms with Gasteiger partial charge in [0.15, 0.2) is 0 Å². The Bertz CT molecular complexity index is 1000. The Morgan fingerprint density at radius 1 is 0.929 bits per heavy atom. The predicted octanol–water partition coefficient (Wildman–Crippen LogP) is 4.03. The molecule has 3 aromatic carbocycles. The summed E-state index contributed by atoms with van der Waals surface area (Å²) in [6, 6.07) is 22.9. The van der Waals surface area contributed by atoms with Gasteiger partial charge in [-0.1, -0.05) is 48.5 Å². The monoisotopic (exact) mass is 374 g/mol. The number of rotatable bonds is 4. The van der Waals surface area contributed by atoms with Gasteiger partial charge in [0, 0.05) is 24.2 Å². The van der Waals surface area contributed by atoms with E-state index in [2.05, 4.69) is 5.32 Å². The number of carbonyl (C=O) groups is 2. The Balaban J connectivity index is 1.42. The van der Waals surface area contributed by atoms with Crippen molar-refractivity contribution in [1.82, 2.24) is 5.32 Å². The van der Waals surface area contributed by atoms with Crippen LogP contribution in [-0.2, 0) is 4.79 Å². The summed E-state index contributed by atoms with van der Waals surface area (Å²) in [5.41, 5.74) is 3.16. The van der Waals surface area contributed by atoms with Gasteiger partial charge in [0.2, 0.25) is 5.91 Å². The van der Waals surface area contributed by atoms with Gasteiger partial charge in [0.1, 0.15) is 5.82 Å². The molecule has 140 valence electrons. The summed E-state index contributed by atoms with van der Waals surface area (Å²) in [5, 5.41) is 2.90. The average molecular weight is 374 g/mol. The molecule has 1 saturated heterocycles. The minimum Gasteiger partial charge on any atom is -0.347 e. The molecule has 0 unspecified atom stereocenters. The number of halogens is 1. The highest BCUT2D eigenvalue weighted by Gasteiger charge is 2.31. The lowest BCUT2D eigenvalue weighted by molar-refractivity contribution is -0.117. The lowest BCUT2D eigenvalue weighted by Crippen LogP contribution is -2.37. The van der Waals surface area contributed by atoms with Crippen LogP contribution in [-0.4, -0.2) is 24.4 Å². The highest BCUT2D eigenvalue weighted by atomic mass is 19.1. The topological polar surface area (TPSA) is 49.4 Å². The van der Waals surface area contributed by atoms with E-state index in [0.717, 1.165) is 11.1 Å². The molecule has 2 amide bonds. The van der Waals surface area contributed by atoms with Gasteiger partial charge in [-0.3, -0.25) is 9.59 Å². The molecular formula is C23H19FN2O2. The largest absolute Gasteiger partial charge is 0.347 e. The van der Waals surface area contributed by atoms with Crippen molar-refractivity contribution < 1.29 is 14.0 Å². The van der Waals surface area contributed by atoms with Crippen molar-refractivity contribution in [3.8, 4) is 11.1 Å². The zero-order valence-electron chi connectivity index (χ0n) is 15.1. The predicted molar refractivity (Wildman–Crippen MR) is 107 cm³/mol. The van der Waals surface area contributed by atoms with Crippen molar-refractivity contribution >= 4 is 17.5 Å². The lowest BCUT2D eigenvalue weighted by Gasteiger charge is -2.17. The summed E-state index contributed by atoms with van der Waals surface area (Å²) in [6.07, 6.45) is 0.199. The second-order valence-electron chi connectivity index (χ2n) is 6.80. The highest BCUT2D eigenvalue weighted by Crippen LogP contribution is 2.23. The Kier molecular flexibility index (Phi) is 4.89. The minimum atomic E-state index is -0.392. The third kappa shape index (κ3) is 3.78. The van der Waals surface area contributed by atoms with Crippen LogP contribution in [0.5, 0.6) is 0 Å². The Morgan fingerprint density at radius 2 is 1.64 bits per heavy atom. The van der Waals surface area contributed by atoms with Gasteiger partial charge in [0.25, 0.3) is 5.91 Å². The van der Waals surface area contributed by atoms with E-state index in [1.165, 1.54) is 17.0 Å². The minimum absolute atomic E-state index is 0.129. The Labute approximate surface area is 162 Å². The van der Waals surface area contributed by atoms with E-state index in [4.69, 9.17) is 0 Å². The van der Waals surface area contributed by atoms with Crippen molar-refractivity contribution in [1.29, 1.82) is 0 Å². The van der Waals surface area contributed by atoms with E-state index >= 15 is 0 Å². The molecule has 1 aliphatic heterocycles. The van der Waals surface area contributed by atoms with Gasteiger partial charge in [-0.2, -0.15) is 0 Å². The van der Waals surface area contributed by atoms with Crippen molar-refractivity contribution in [3.63, 3.8) is 0 Å². The molecule has 4 nitrogen and oxygen atoms in total. The van der Waals surface area contributed by atoms with E-state index < -0.39 is 5.82 Å². The first-order valence-corrected chi connectivity index (χ1v) is 9.12. The molecule has 0 bridgehead atoms. The second kappa shape index (κ2) is 7.64. The van der Waals surface area contributed by atoms with Crippen LogP contribution in [0.2, 0.25) is 0 Å². The summed E-state index contributed by atoms with van der Waals surface area (Å²) in [5.74, 6) is -0.745. The maximum atomic E-state index is 13.4. The molecule has 0 saturated carbocycles. The molecular weight excluding hydrogens is 355 g/mol.